The van der Waals surface area contributed by atoms with Gasteiger partial charge in [0.15, 0.2) is 5.65 Å². The lowest BCUT2D eigenvalue weighted by atomic mass is 9.87. The summed E-state index contributed by atoms with van der Waals surface area (Å²) in [5.41, 5.74) is 2.12. The Balaban J connectivity index is 1.65. The van der Waals surface area contributed by atoms with Crippen molar-refractivity contribution in [3.63, 3.8) is 0 Å². The predicted octanol–water partition coefficient (Wildman–Crippen LogP) is 2.25. The Kier molecular flexibility index (Phi) is 3.49. The second kappa shape index (κ2) is 5.74. The van der Waals surface area contributed by atoms with Crippen LogP contribution in [0.5, 0.6) is 0 Å². The van der Waals surface area contributed by atoms with E-state index in [0.29, 0.717) is 32.2 Å². The highest BCUT2D eigenvalue weighted by atomic mass is 32.1. The summed E-state index contributed by atoms with van der Waals surface area (Å²) in [5.74, 6) is 0.623. The molecule has 0 aromatic carbocycles. The van der Waals surface area contributed by atoms with E-state index in [1.807, 2.05) is 0 Å². The van der Waals surface area contributed by atoms with Crippen molar-refractivity contribution in [3.8, 4) is 0 Å². The second-order valence-corrected chi connectivity index (χ2v) is 7.85. The molecule has 1 saturated heterocycles. The number of carbonyl (C=O) groups is 1. The average molecular weight is 357 g/mol. The minimum atomic E-state index is -0.128. The molecule has 2 aliphatic rings. The number of hydrogen-bond donors (Lipinski definition) is 0. The zero-order chi connectivity index (χ0) is 17.0. The molecule has 25 heavy (non-hydrogen) atoms. The number of ether oxygens (including phenoxy) is 1. The Bertz CT molecular complexity index is 972. The van der Waals surface area contributed by atoms with Crippen molar-refractivity contribution in [2.45, 2.75) is 32.1 Å². The molecule has 4 heterocycles. The first-order valence-corrected chi connectivity index (χ1v) is 9.57. The minimum absolute atomic E-state index is 0.128. The van der Waals surface area contributed by atoms with Gasteiger partial charge in [0.25, 0.3) is 5.91 Å². The highest BCUT2D eigenvalue weighted by molar-refractivity contribution is 7.19. The lowest BCUT2D eigenvalue weighted by molar-refractivity contribution is 0.0295. The van der Waals surface area contributed by atoms with Gasteiger partial charge in [0.05, 0.1) is 18.6 Å². The van der Waals surface area contributed by atoms with Crippen LogP contribution in [0.2, 0.25) is 0 Å². The molecule has 1 unspecified atom stereocenters. The lowest BCUT2D eigenvalue weighted by Crippen LogP contribution is -2.41. The fourth-order valence-corrected chi connectivity index (χ4v) is 5.18. The summed E-state index contributed by atoms with van der Waals surface area (Å²) in [6.07, 6.45) is 5.20. The molecule has 1 atom stereocenters. The maximum absolute atomic E-state index is 12.7. The number of nitrogens with zero attached hydrogens (tertiary/aromatic N) is 5. The molecule has 7 nitrogen and oxygen atoms in total. The van der Waals surface area contributed by atoms with Crippen molar-refractivity contribution >= 4 is 33.1 Å². The third-order valence-electron chi connectivity index (χ3n) is 5.17. The second-order valence-electron chi connectivity index (χ2n) is 6.77. The smallest absolute Gasteiger partial charge is 0.293 e. The van der Waals surface area contributed by atoms with E-state index in [4.69, 9.17) is 4.74 Å². The number of amides is 1. The zero-order valence-electron chi connectivity index (χ0n) is 14.1. The Labute approximate surface area is 148 Å². The lowest BCUT2D eigenvalue weighted by Gasteiger charge is -2.25. The van der Waals surface area contributed by atoms with Crippen LogP contribution in [0.3, 0.4) is 0 Å². The van der Waals surface area contributed by atoms with Gasteiger partial charge in [-0.05, 0) is 30.7 Å². The summed E-state index contributed by atoms with van der Waals surface area (Å²) < 4.78 is 6.97. The van der Waals surface area contributed by atoms with Crippen molar-refractivity contribution in [1.82, 2.24) is 24.5 Å². The Morgan fingerprint density at radius 1 is 1.36 bits per heavy atom. The quantitative estimate of drug-likeness (QED) is 0.668. The first-order chi connectivity index (χ1) is 12.2. The van der Waals surface area contributed by atoms with E-state index >= 15 is 0 Å². The van der Waals surface area contributed by atoms with Crippen LogP contribution in [0.25, 0.3) is 15.9 Å². The number of fused-ring (bicyclic) bond motifs is 5. The van der Waals surface area contributed by atoms with Crippen molar-refractivity contribution in [2.24, 2.45) is 0 Å². The van der Waals surface area contributed by atoms with Gasteiger partial charge in [-0.25, -0.2) is 14.5 Å². The molecule has 0 spiro atoms. The van der Waals surface area contributed by atoms with Crippen LogP contribution in [0.1, 0.15) is 46.7 Å². The number of carbonyl (C=O) groups excluding carboxylic acids is 1. The van der Waals surface area contributed by atoms with Crippen LogP contribution in [0, 0.1) is 0 Å². The SMILES string of the molecule is CC1CCCc2sc3ncn4nc(C(=O)N5CCOCC5)nc4c3c21. The third-order valence-corrected chi connectivity index (χ3v) is 6.34. The topological polar surface area (TPSA) is 72.6 Å². The predicted molar refractivity (Wildman–Crippen MR) is 94.2 cm³/mol. The standard InChI is InChI=1S/C17H19N5O2S/c1-10-3-2-4-11-12(10)13-15-19-14(17(23)21-5-7-24-8-6-21)20-22(15)9-18-16(13)25-11/h9-10H,2-8H2,1H3. The van der Waals surface area contributed by atoms with E-state index < -0.39 is 0 Å². The largest absolute Gasteiger partial charge is 0.378 e. The van der Waals surface area contributed by atoms with Crippen molar-refractivity contribution in [1.29, 1.82) is 0 Å². The van der Waals surface area contributed by atoms with Crippen molar-refractivity contribution in [3.05, 3.63) is 22.6 Å². The van der Waals surface area contributed by atoms with Gasteiger partial charge in [0, 0.05) is 18.0 Å². The van der Waals surface area contributed by atoms with Crippen LogP contribution >= 0.6 is 11.3 Å². The number of hydrogen-bond acceptors (Lipinski definition) is 6. The molecule has 1 aliphatic carbocycles. The molecule has 1 aliphatic heterocycles. The number of rotatable bonds is 1. The van der Waals surface area contributed by atoms with E-state index in [1.54, 1.807) is 27.1 Å². The molecule has 5 rings (SSSR count). The van der Waals surface area contributed by atoms with Crippen molar-refractivity contribution < 1.29 is 9.53 Å². The Morgan fingerprint density at radius 2 is 2.20 bits per heavy atom. The molecule has 0 saturated carbocycles. The molecular formula is C17H19N5O2S. The van der Waals surface area contributed by atoms with Crippen LogP contribution in [0.15, 0.2) is 6.33 Å². The monoisotopic (exact) mass is 357 g/mol. The molecule has 130 valence electrons. The Hall–Kier alpha value is -2.06. The zero-order valence-corrected chi connectivity index (χ0v) is 14.9. The van der Waals surface area contributed by atoms with Crippen LogP contribution < -0.4 is 0 Å². The van der Waals surface area contributed by atoms with Gasteiger partial charge in [-0.15, -0.1) is 16.4 Å². The Morgan fingerprint density at radius 3 is 3.04 bits per heavy atom. The van der Waals surface area contributed by atoms with Crippen LogP contribution in [0.4, 0.5) is 0 Å². The minimum Gasteiger partial charge on any atom is -0.378 e. The van der Waals surface area contributed by atoms with Crippen molar-refractivity contribution in [2.75, 3.05) is 26.3 Å². The van der Waals surface area contributed by atoms with E-state index in [1.165, 1.54) is 23.3 Å². The normalized spacial score (nSPS) is 21.0. The fraction of sp³-hybridized carbons (Fsp3) is 0.529. The highest BCUT2D eigenvalue weighted by Gasteiger charge is 2.27. The maximum Gasteiger partial charge on any atom is 0.293 e. The van der Waals surface area contributed by atoms with Gasteiger partial charge >= 0.3 is 0 Å². The fourth-order valence-electron chi connectivity index (χ4n) is 3.88. The van der Waals surface area contributed by atoms with E-state index in [9.17, 15) is 4.79 Å². The van der Waals surface area contributed by atoms with Crippen LogP contribution in [-0.2, 0) is 11.2 Å². The molecular weight excluding hydrogens is 338 g/mol. The first kappa shape index (κ1) is 15.2. The van der Waals surface area contributed by atoms with E-state index in [-0.39, 0.29) is 11.7 Å². The van der Waals surface area contributed by atoms with Gasteiger partial charge in [-0.2, -0.15) is 0 Å². The average Bonchev–Trinajstić information content (AvgIpc) is 3.23. The summed E-state index contributed by atoms with van der Waals surface area (Å²) in [7, 11) is 0. The van der Waals surface area contributed by atoms with Gasteiger partial charge < -0.3 is 9.64 Å². The number of morpholine rings is 1. The molecule has 0 radical (unpaired) electrons. The molecule has 8 heteroatoms. The molecule has 0 bridgehead atoms. The van der Waals surface area contributed by atoms with E-state index in [0.717, 1.165) is 22.3 Å². The molecule has 0 N–H and O–H groups in total. The van der Waals surface area contributed by atoms with Gasteiger partial charge in [0.1, 0.15) is 11.2 Å². The van der Waals surface area contributed by atoms with Gasteiger partial charge in [-0.1, -0.05) is 6.92 Å². The third kappa shape index (κ3) is 2.35. The molecule has 1 amide bonds. The maximum atomic E-state index is 12.7. The van der Waals surface area contributed by atoms with Gasteiger partial charge in [-0.3, -0.25) is 4.79 Å². The van der Waals surface area contributed by atoms with Gasteiger partial charge in [0.2, 0.25) is 5.82 Å². The summed E-state index contributed by atoms with van der Waals surface area (Å²) in [4.78, 5) is 26.1. The number of aromatic nitrogens is 4. The van der Waals surface area contributed by atoms with E-state index in [2.05, 4.69) is 22.0 Å². The molecule has 3 aromatic heterocycles. The molecule has 1 fully saturated rings. The molecule has 3 aromatic rings. The summed E-state index contributed by atoms with van der Waals surface area (Å²) in [5, 5.41) is 5.49. The summed E-state index contributed by atoms with van der Waals surface area (Å²) in [6, 6.07) is 0. The van der Waals surface area contributed by atoms with Crippen LogP contribution in [-0.4, -0.2) is 56.7 Å². The summed E-state index contributed by atoms with van der Waals surface area (Å²) in [6.45, 7) is 4.59. The first-order valence-electron chi connectivity index (χ1n) is 8.76. The summed E-state index contributed by atoms with van der Waals surface area (Å²) >= 11 is 1.76. The highest BCUT2D eigenvalue weighted by Crippen LogP contribution is 2.42. The number of aryl methyl sites for hydroxylation is 1. The number of thiophene rings is 1.